The summed E-state index contributed by atoms with van der Waals surface area (Å²) >= 11 is 0. The summed E-state index contributed by atoms with van der Waals surface area (Å²) in [4.78, 5) is 55.9. The zero-order valence-corrected chi connectivity index (χ0v) is 44.8. The van der Waals surface area contributed by atoms with Crippen molar-refractivity contribution in [2.75, 3.05) is 13.2 Å². The van der Waals surface area contributed by atoms with Gasteiger partial charge in [0, 0.05) is 5.92 Å². The Balaban J connectivity index is 2.25. The Hall–Kier alpha value is -3.88. The second-order valence-electron chi connectivity index (χ2n) is 20.6. The van der Waals surface area contributed by atoms with Crippen LogP contribution < -0.4 is 16.0 Å². The Bertz CT molecular complexity index is 1740. The van der Waals surface area contributed by atoms with E-state index in [4.69, 9.17) is 18.6 Å². The van der Waals surface area contributed by atoms with E-state index in [9.17, 15) is 24.3 Å². The number of hydrogen-bond donors (Lipinski definition) is 4. The molecule has 384 valence electrons. The zero-order chi connectivity index (χ0) is 50.7. The number of amides is 3. The van der Waals surface area contributed by atoms with Crippen molar-refractivity contribution in [2.45, 2.75) is 207 Å². The topological polar surface area (TPSA) is 162 Å². The van der Waals surface area contributed by atoms with Gasteiger partial charge in [0.15, 0.2) is 14.4 Å². The average Bonchev–Trinajstić information content (AvgIpc) is 3.31. The molecule has 68 heavy (non-hydrogen) atoms. The van der Waals surface area contributed by atoms with Crippen LogP contribution in [0.15, 0.2) is 73.3 Å². The minimum absolute atomic E-state index is 0.0431. The lowest BCUT2D eigenvalue weighted by molar-refractivity contribution is -0.149. The molecule has 0 aliphatic heterocycles. The van der Waals surface area contributed by atoms with E-state index in [0.717, 1.165) is 30.4 Å². The summed E-state index contributed by atoms with van der Waals surface area (Å²) in [5, 5.41) is 20.3. The molecule has 0 aliphatic carbocycles. The number of aliphatic hydroxyl groups excluding tert-OH is 1. The van der Waals surface area contributed by atoms with E-state index in [2.05, 4.69) is 63.3 Å². The molecule has 2 aromatic carbocycles. The van der Waals surface area contributed by atoms with Gasteiger partial charge < -0.3 is 39.7 Å². The van der Waals surface area contributed by atoms with Crippen molar-refractivity contribution in [1.29, 1.82) is 0 Å². The smallest absolute Gasteiger partial charge is 0.331 e. The van der Waals surface area contributed by atoms with Gasteiger partial charge in [0.25, 0.3) is 0 Å². The van der Waals surface area contributed by atoms with Gasteiger partial charge in [0.2, 0.25) is 17.7 Å². The number of nitrogens with one attached hydrogen (secondary N) is 3. The van der Waals surface area contributed by atoms with Gasteiger partial charge in [0.1, 0.15) is 18.7 Å². The minimum atomic E-state index is -2.24. The highest BCUT2D eigenvalue weighted by Gasteiger charge is 2.43. The van der Waals surface area contributed by atoms with Crippen LogP contribution in [0.4, 0.5) is 0 Å². The molecule has 0 radical (unpaired) electrons. The molecule has 0 saturated carbocycles. The van der Waals surface area contributed by atoms with Crippen LogP contribution in [-0.4, -0.2) is 86.8 Å². The van der Waals surface area contributed by atoms with Crippen LogP contribution in [-0.2, 0) is 51.0 Å². The lowest BCUT2D eigenvalue weighted by atomic mass is 9.86. The van der Waals surface area contributed by atoms with Crippen molar-refractivity contribution < 1.29 is 42.9 Å². The highest BCUT2D eigenvalue weighted by Crippen LogP contribution is 2.39. The molecule has 0 heterocycles. The van der Waals surface area contributed by atoms with Crippen LogP contribution >= 0.6 is 0 Å². The van der Waals surface area contributed by atoms with Crippen molar-refractivity contribution in [1.82, 2.24) is 16.0 Å². The molecule has 2 rings (SSSR count). The lowest BCUT2D eigenvalue weighted by Crippen LogP contribution is -2.61. The molecule has 0 bridgehead atoms. The Morgan fingerprint density at radius 2 is 1.21 bits per heavy atom. The van der Waals surface area contributed by atoms with E-state index in [0.29, 0.717) is 0 Å². The average molecular weight is 966 g/mol. The molecule has 13 heteroatoms. The summed E-state index contributed by atoms with van der Waals surface area (Å²) in [5.74, 6) is -4.22. The summed E-state index contributed by atoms with van der Waals surface area (Å²) in [6.07, 6.45) is 13.6. The quantitative estimate of drug-likeness (QED) is 0.0228. The number of hydrogen-bond acceptors (Lipinski definition) is 9. The largest absolute Gasteiger partial charge is 0.460 e. The van der Waals surface area contributed by atoms with Gasteiger partial charge in [-0.2, -0.15) is 0 Å². The molecule has 0 saturated heterocycles. The van der Waals surface area contributed by atoms with Gasteiger partial charge in [-0.05, 0) is 48.5 Å². The van der Waals surface area contributed by atoms with Crippen LogP contribution in [0.3, 0.4) is 0 Å². The maximum absolute atomic E-state index is 14.3. The van der Waals surface area contributed by atoms with E-state index < -0.39 is 74.2 Å². The molecule has 0 spiro atoms. The van der Waals surface area contributed by atoms with Gasteiger partial charge in [-0.15, -0.1) is 0 Å². The number of unbranched alkanes of at least 4 members (excludes halogenated alkanes) is 10. The third-order valence-corrected chi connectivity index (χ3v) is 17.9. The van der Waals surface area contributed by atoms with Crippen LogP contribution in [0, 0.1) is 17.8 Å². The highest BCUT2D eigenvalue weighted by atomic mass is 28.4. The fourth-order valence-corrected chi connectivity index (χ4v) is 9.16. The van der Waals surface area contributed by atoms with Crippen molar-refractivity contribution in [3.63, 3.8) is 0 Å². The number of ether oxygens (including phenoxy) is 3. The maximum atomic E-state index is 14.3. The van der Waals surface area contributed by atoms with Crippen molar-refractivity contribution in [2.24, 2.45) is 17.8 Å². The third-order valence-electron chi connectivity index (χ3n) is 13.4. The first-order valence-electron chi connectivity index (χ1n) is 25.6. The van der Waals surface area contributed by atoms with Gasteiger partial charge >= 0.3 is 5.97 Å². The monoisotopic (exact) mass is 966 g/mol. The number of aliphatic hydroxyl groups is 1. The first kappa shape index (κ1) is 60.2. The van der Waals surface area contributed by atoms with E-state index in [1.165, 1.54) is 63.9 Å². The molecule has 12 nitrogen and oxygen atoms in total. The van der Waals surface area contributed by atoms with E-state index in [-0.39, 0.29) is 43.5 Å². The Morgan fingerprint density at radius 1 is 0.706 bits per heavy atom. The van der Waals surface area contributed by atoms with E-state index in [1.54, 1.807) is 27.7 Å². The summed E-state index contributed by atoms with van der Waals surface area (Å²) in [7, 11) is -2.24. The third kappa shape index (κ3) is 22.3. The zero-order valence-electron chi connectivity index (χ0n) is 43.8. The van der Waals surface area contributed by atoms with Crippen LogP contribution in [0.1, 0.15) is 150 Å². The summed E-state index contributed by atoms with van der Waals surface area (Å²) in [5.41, 5.74) is 1.73. The first-order valence-corrected chi connectivity index (χ1v) is 28.5. The fourth-order valence-electron chi connectivity index (χ4n) is 7.72. The SMILES string of the molecule is C=CCOC(=O)[C@H](COCc1ccccc1)NC(=O)[C@@H](NC(=O)[C@@H](NC(=O)[C@H](C)[C@H](O)[C@@H](C)[C@@H](CCCCCCCCCCCCC)O[Si](C)(C)C(C)(C)C)C(C)C)[C@H](C)OCc1ccccc1. The molecule has 0 aliphatic rings. The molecule has 0 aromatic heterocycles. The van der Waals surface area contributed by atoms with Crippen LogP contribution in [0.2, 0.25) is 18.1 Å². The van der Waals surface area contributed by atoms with Gasteiger partial charge in [-0.1, -0.05) is 199 Å². The Morgan fingerprint density at radius 3 is 1.72 bits per heavy atom. The Kier molecular flexibility index (Phi) is 28.4. The van der Waals surface area contributed by atoms with Crippen molar-refractivity contribution in [3.8, 4) is 0 Å². The second-order valence-corrected chi connectivity index (χ2v) is 25.3. The van der Waals surface area contributed by atoms with Crippen LogP contribution in [0.25, 0.3) is 0 Å². The highest BCUT2D eigenvalue weighted by molar-refractivity contribution is 6.74. The molecule has 4 N–H and O–H groups in total. The maximum Gasteiger partial charge on any atom is 0.331 e. The molecule has 2 aromatic rings. The number of esters is 1. The van der Waals surface area contributed by atoms with Crippen LogP contribution in [0.5, 0.6) is 0 Å². The molecule has 3 amide bonds. The fraction of sp³-hybridized carbons (Fsp3) is 0.673. The molecule has 8 atom stereocenters. The number of carbonyl (C=O) groups is 4. The predicted octanol–water partition coefficient (Wildman–Crippen LogP) is 10.4. The van der Waals surface area contributed by atoms with Gasteiger partial charge in [-0.25, -0.2) is 4.79 Å². The normalized spacial score (nSPS) is 15.5. The minimum Gasteiger partial charge on any atom is -0.460 e. The summed E-state index contributed by atoms with van der Waals surface area (Å²) in [6, 6.07) is 15.2. The lowest BCUT2D eigenvalue weighted by Gasteiger charge is -2.42. The van der Waals surface area contributed by atoms with E-state index >= 15 is 0 Å². The summed E-state index contributed by atoms with van der Waals surface area (Å²) < 4.78 is 24.3. The number of rotatable bonds is 35. The number of carbonyl (C=O) groups excluding carboxylic acids is 4. The van der Waals surface area contributed by atoms with E-state index in [1.807, 2.05) is 67.6 Å². The second kappa shape index (κ2) is 32.1. The predicted molar refractivity (Wildman–Crippen MR) is 276 cm³/mol. The van der Waals surface area contributed by atoms with Gasteiger partial charge in [-0.3, -0.25) is 14.4 Å². The molecule has 0 fully saturated rings. The van der Waals surface area contributed by atoms with Gasteiger partial charge in [0.05, 0.1) is 44.1 Å². The van der Waals surface area contributed by atoms with Crippen molar-refractivity contribution in [3.05, 3.63) is 84.4 Å². The van der Waals surface area contributed by atoms with Crippen molar-refractivity contribution >= 4 is 32.0 Å². The molecular weight excluding hydrogens is 875 g/mol. The Labute approximate surface area is 412 Å². The number of benzene rings is 2. The molecule has 0 unspecified atom stereocenters. The standard InChI is InChI=1S/C55H91N3O9Si/c1-13-15-16-17-18-19-20-21-22-23-30-35-47(67-68(11,12)55(8,9)10)41(5)50(59)42(6)51(60)57-48(40(3)4)52(61)58-49(43(7)66-38-45-33-28-25-29-34-45)53(62)56-46(54(63)65-36-14-2)39-64-37-44-31-26-24-27-32-44/h14,24-29,31-34,40-43,46-50,59H,2,13,15-23,30,35-39H2,1,3-12H3,(H,56,62)(H,57,60)(H,58,61)/t41-,42+,43-,46-,47+,48-,49-,50+/m0/s1. The molecular formula is C55H91N3O9Si. The first-order chi connectivity index (χ1) is 32.2. The summed E-state index contributed by atoms with van der Waals surface area (Å²) in [6.45, 7) is 25.8.